The summed E-state index contributed by atoms with van der Waals surface area (Å²) in [5.74, 6) is -1.45. The molecule has 0 aromatic carbocycles. The Morgan fingerprint density at radius 2 is 2.06 bits per heavy atom. The molecule has 3 fully saturated rings. The molecule has 3 rings (SSSR count). The average molecular weight is 467 g/mol. The molecule has 180 valence electrons. The fraction of sp³-hybridized carbons (Fsp3) is 0.792. The van der Waals surface area contributed by atoms with E-state index in [2.05, 4.69) is 13.5 Å². The molecule has 0 aliphatic carbocycles. The van der Waals surface area contributed by atoms with Crippen molar-refractivity contribution in [1.82, 2.24) is 9.80 Å². The second kappa shape index (κ2) is 9.37. The molecular formula is C24H38N2O5S. The van der Waals surface area contributed by atoms with Gasteiger partial charge >= 0.3 is 5.97 Å². The molecule has 0 radical (unpaired) electrons. The minimum absolute atomic E-state index is 0.00428. The van der Waals surface area contributed by atoms with Crippen LogP contribution >= 0.6 is 11.8 Å². The van der Waals surface area contributed by atoms with Crippen molar-refractivity contribution in [3.63, 3.8) is 0 Å². The lowest BCUT2D eigenvalue weighted by Gasteiger charge is -2.44. The fourth-order valence-corrected chi connectivity index (χ4v) is 8.31. The van der Waals surface area contributed by atoms with E-state index in [1.165, 1.54) is 0 Å². The van der Waals surface area contributed by atoms with Gasteiger partial charge in [-0.15, -0.1) is 18.3 Å². The van der Waals surface area contributed by atoms with Crippen molar-refractivity contribution in [3.8, 4) is 0 Å². The quantitative estimate of drug-likeness (QED) is 0.319. The number of hydrogen-bond acceptors (Lipinski definition) is 6. The fourth-order valence-electron chi connectivity index (χ4n) is 5.91. The number of thioether (sulfide) groups is 1. The summed E-state index contributed by atoms with van der Waals surface area (Å²) >= 11 is 1.66. The number of hydrogen-bond donors (Lipinski definition) is 1. The molecular weight excluding hydrogens is 428 g/mol. The molecule has 0 saturated carbocycles. The molecule has 3 heterocycles. The number of aliphatic hydroxyl groups excluding tert-OH is 1. The monoisotopic (exact) mass is 466 g/mol. The normalized spacial score (nSPS) is 33.4. The Hall–Kier alpha value is -1.54. The maximum absolute atomic E-state index is 14.1. The Morgan fingerprint density at radius 1 is 1.38 bits per heavy atom. The summed E-state index contributed by atoms with van der Waals surface area (Å²) in [6.07, 6.45) is 3.68. The van der Waals surface area contributed by atoms with E-state index >= 15 is 0 Å². The SMILES string of the molecule is C=CCN(C(=O)C1N(CCCCO)C(=O)[C@@H]2[C@H](C(=O)OCC)[C@@H]3CC(C)C12S3)C(C)(C)C. The molecule has 3 aliphatic heterocycles. The highest BCUT2D eigenvalue weighted by atomic mass is 32.2. The number of ether oxygens (including phenoxy) is 1. The number of fused-ring (bicyclic) bond motifs is 1. The third-order valence-electron chi connectivity index (χ3n) is 7.23. The predicted octanol–water partition coefficient (Wildman–Crippen LogP) is 2.47. The Kier molecular flexibility index (Phi) is 7.35. The molecule has 3 aliphatic rings. The van der Waals surface area contributed by atoms with Crippen LogP contribution in [-0.4, -0.2) is 80.6 Å². The smallest absolute Gasteiger partial charge is 0.310 e. The van der Waals surface area contributed by atoms with Crippen molar-refractivity contribution in [3.05, 3.63) is 12.7 Å². The number of esters is 1. The summed E-state index contributed by atoms with van der Waals surface area (Å²) in [6, 6.07) is -0.637. The lowest BCUT2D eigenvalue weighted by atomic mass is 9.66. The Morgan fingerprint density at radius 3 is 2.62 bits per heavy atom. The first-order chi connectivity index (χ1) is 15.1. The molecule has 7 nitrogen and oxygen atoms in total. The Balaban J connectivity index is 2.08. The van der Waals surface area contributed by atoms with E-state index in [9.17, 15) is 19.5 Å². The second-order valence-electron chi connectivity index (χ2n) is 10.2. The van der Waals surface area contributed by atoms with Gasteiger partial charge in [0, 0.05) is 30.5 Å². The van der Waals surface area contributed by atoms with Crippen LogP contribution in [0.25, 0.3) is 0 Å². The van der Waals surface area contributed by atoms with Crippen LogP contribution in [0.5, 0.6) is 0 Å². The zero-order valence-corrected chi connectivity index (χ0v) is 20.8. The summed E-state index contributed by atoms with van der Waals surface area (Å²) in [4.78, 5) is 44.4. The molecule has 0 aromatic rings. The third-order valence-corrected chi connectivity index (χ3v) is 9.31. The van der Waals surface area contributed by atoms with Crippen molar-refractivity contribution in [1.29, 1.82) is 0 Å². The number of amides is 2. The average Bonchev–Trinajstić information content (AvgIpc) is 3.29. The highest BCUT2D eigenvalue weighted by Gasteiger charge is 2.76. The zero-order chi connectivity index (χ0) is 23.8. The number of carbonyl (C=O) groups is 3. The summed E-state index contributed by atoms with van der Waals surface area (Å²) in [7, 11) is 0. The molecule has 1 spiro atoms. The van der Waals surface area contributed by atoms with Crippen LogP contribution in [0.4, 0.5) is 0 Å². The van der Waals surface area contributed by atoms with Gasteiger partial charge in [0.1, 0.15) is 6.04 Å². The Bertz CT molecular complexity index is 766. The minimum atomic E-state index is -0.639. The lowest BCUT2D eigenvalue weighted by molar-refractivity contribution is -0.154. The van der Waals surface area contributed by atoms with Crippen LogP contribution in [-0.2, 0) is 19.1 Å². The van der Waals surface area contributed by atoms with Gasteiger partial charge in [0.25, 0.3) is 0 Å². The maximum Gasteiger partial charge on any atom is 0.310 e. The van der Waals surface area contributed by atoms with Crippen LogP contribution in [0.1, 0.15) is 53.9 Å². The lowest BCUT2D eigenvalue weighted by Crippen LogP contribution is -2.60. The number of likely N-dealkylation sites (tertiary alicyclic amines) is 1. The van der Waals surface area contributed by atoms with Gasteiger partial charge in [0.05, 0.1) is 23.2 Å². The third kappa shape index (κ3) is 3.87. The van der Waals surface area contributed by atoms with Crippen LogP contribution in [0.15, 0.2) is 12.7 Å². The van der Waals surface area contributed by atoms with Gasteiger partial charge in [-0.25, -0.2) is 0 Å². The number of carbonyl (C=O) groups excluding carboxylic acids is 3. The van der Waals surface area contributed by atoms with Crippen LogP contribution in [0.3, 0.4) is 0 Å². The number of nitrogens with zero attached hydrogens (tertiary/aromatic N) is 2. The van der Waals surface area contributed by atoms with Gasteiger partial charge in [-0.05, 0) is 52.9 Å². The largest absolute Gasteiger partial charge is 0.466 e. The summed E-state index contributed by atoms with van der Waals surface area (Å²) in [6.45, 7) is 14.8. The molecule has 2 bridgehead atoms. The molecule has 32 heavy (non-hydrogen) atoms. The van der Waals surface area contributed by atoms with Crippen LogP contribution in [0.2, 0.25) is 0 Å². The van der Waals surface area contributed by atoms with Crippen molar-refractivity contribution in [2.24, 2.45) is 17.8 Å². The molecule has 0 aromatic heterocycles. The van der Waals surface area contributed by atoms with E-state index < -0.39 is 28.2 Å². The standard InChI is InChI=1S/C24H38N2O5S/c1-7-11-26(23(4,5)6)21(29)19-24-15(3)14-16(32-24)17(22(30)31-8-2)18(24)20(28)25(19)12-9-10-13-27/h7,15-19,27H,1,8-14H2,2-6H3/t15?,16-,17+,18-,19?,24?/m0/s1. The van der Waals surface area contributed by atoms with E-state index in [4.69, 9.17) is 4.74 Å². The maximum atomic E-state index is 14.1. The highest BCUT2D eigenvalue weighted by molar-refractivity contribution is 8.02. The summed E-state index contributed by atoms with van der Waals surface area (Å²) in [5, 5.41) is 9.27. The first-order valence-corrected chi connectivity index (χ1v) is 12.6. The van der Waals surface area contributed by atoms with Gasteiger partial charge in [-0.2, -0.15) is 0 Å². The predicted molar refractivity (Wildman–Crippen MR) is 125 cm³/mol. The van der Waals surface area contributed by atoms with Crippen molar-refractivity contribution in [2.45, 2.75) is 75.5 Å². The van der Waals surface area contributed by atoms with E-state index in [1.807, 2.05) is 20.8 Å². The summed E-state index contributed by atoms with van der Waals surface area (Å²) < 4.78 is 4.73. The number of rotatable bonds is 9. The van der Waals surface area contributed by atoms with Gasteiger partial charge in [-0.1, -0.05) is 13.0 Å². The van der Waals surface area contributed by atoms with Crippen molar-refractivity contribution in [2.75, 3.05) is 26.3 Å². The first kappa shape index (κ1) is 25.1. The van der Waals surface area contributed by atoms with Gasteiger partial charge in [0.15, 0.2) is 0 Å². The highest BCUT2D eigenvalue weighted by Crippen LogP contribution is 2.68. The molecule has 8 heteroatoms. The number of unbranched alkanes of at least 4 members (excludes halogenated alkanes) is 1. The zero-order valence-electron chi connectivity index (χ0n) is 20.0. The minimum Gasteiger partial charge on any atom is -0.466 e. The van der Waals surface area contributed by atoms with E-state index in [0.29, 0.717) is 25.9 Å². The second-order valence-corrected chi connectivity index (χ2v) is 11.7. The van der Waals surface area contributed by atoms with Crippen molar-refractivity contribution >= 4 is 29.5 Å². The van der Waals surface area contributed by atoms with Crippen LogP contribution in [0, 0.1) is 17.8 Å². The van der Waals surface area contributed by atoms with Gasteiger partial charge in [0.2, 0.25) is 11.8 Å². The molecule has 1 N–H and O–H groups in total. The molecule has 3 unspecified atom stereocenters. The first-order valence-electron chi connectivity index (χ1n) is 11.7. The topological polar surface area (TPSA) is 87.2 Å². The van der Waals surface area contributed by atoms with Gasteiger partial charge in [-0.3, -0.25) is 14.4 Å². The summed E-state index contributed by atoms with van der Waals surface area (Å²) in [5.41, 5.74) is -0.440. The van der Waals surface area contributed by atoms with Crippen LogP contribution < -0.4 is 0 Å². The molecule has 3 saturated heterocycles. The molecule has 6 atom stereocenters. The van der Waals surface area contributed by atoms with E-state index in [0.717, 1.165) is 6.42 Å². The van der Waals surface area contributed by atoms with Gasteiger partial charge < -0.3 is 19.6 Å². The Labute approximate surface area is 195 Å². The van der Waals surface area contributed by atoms with E-state index in [1.54, 1.807) is 34.6 Å². The van der Waals surface area contributed by atoms with Crippen molar-refractivity contribution < 1.29 is 24.2 Å². The number of aliphatic hydroxyl groups is 1. The van der Waals surface area contributed by atoms with E-state index in [-0.39, 0.29) is 42.2 Å². The molecule has 2 amide bonds.